The smallest absolute Gasteiger partial charge is 0.264 e. The van der Waals surface area contributed by atoms with E-state index in [0.717, 1.165) is 0 Å². The Kier molecular flexibility index (Phi) is 5.50. The average Bonchev–Trinajstić information content (AvgIpc) is 2.95. The van der Waals surface area contributed by atoms with Crippen molar-refractivity contribution in [3.63, 3.8) is 0 Å². The molecule has 0 aliphatic heterocycles. The summed E-state index contributed by atoms with van der Waals surface area (Å²) in [7, 11) is 1.57. The molecule has 1 aromatic carbocycles. The van der Waals surface area contributed by atoms with E-state index in [1.165, 1.54) is 22.3 Å². The second-order valence-electron chi connectivity index (χ2n) is 5.53. The molecule has 0 bridgehead atoms. The highest BCUT2D eigenvalue weighted by atomic mass is 32.1. The molecule has 6 heteroatoms. The summed E-state index contributed by atoms with van der Waals surface area (Å²) in [6, 6.07) is 9.85. The number of carbonyl (C=O) groups is 2. The van der Waals surface area contributed by atoms with E-state index in [0.29, 0.717) is 15.3 Å². The van der Waals surface area contributed by atoms with Crippen molar-refractivity contribution in [2.75, 3.05) is 13.6 Å². The quantitative estimate of drug-likeness (QED) is 0.913. The van der Waals surface area contributed by atoms with Crippen LogP contribution >= 0.6 is 11.3 Å². The summed E-state index contributed by atoms with van der Waals surface area (Å²) in [5.74, 6) is -0.781. The molecule has 4 nitrogen and oxygen atoms in total. The van der Waals surface area contributed by atoms with E-state index >= 15 is 0 Å². The van der Waals surface area contributed by atoms with Crippen molar-refractivity contribution in [3.05, 3.63) is 47.1 Å². The Morgan fingerprint density at radius 3 is 2.57 bits per heavy atom. The van der Waals surface area contributed by atoms with Gasteiger partial charge in [0.25, 0.3) is 5.91 Å². The maximum atomic E-state index is 13.8. The average molecular weight is 334 g/mol. The Hall–Kier alpha value is -2.21. The molecule has 1 N–H and O–H groups in total. The first-order valence-corrected chi connectivity index (χ1v) is 8.09. The molecule has 2 rings (SSSR count). The number of hydrogen-bond acceptors (Lipinski definition) is 3. The zero-order valence-electron chi connectivity index (χ0n) is 13.3. The van der Waals surface area contributed by atoms with Crippen molar-refractivity contribution < 1.29 is 14.0 Å². The van der Waals surface area contributed by atoms with Crippen molar-refractivity contribution in [2.45, 2.75) is 19.9 Å². The Morgan fingerprint density at radius 1 is 1.22 bits per heavy atom. The van der Waals surface area contributed by atoms with Gasteiger partial charge in [-0.2, -0.15) is 0 Å². The minimum atomic E-state index is -0.321. The van der Waals surface area contributed by atoms with Gasteiger partial charge in [-0.25, -0.2) is 4.39 Å². The third-order valence-electron chi connectivity index (χ3n) is 3.13. The van der Waals surface area contributed by atoms with E-state index in [4.69, 9.17) is 0 Å². The first-order valence-electron chi connectivity index (χ1n) is 7.28. The molecule has 122 valence electrons. The fourth-order valence-corrected chi connectivity index (χ4v) is 3.13. The third-order valence-corrected chi connectivity index (χ3v) is 4.24. The molecule has 0 atom stereocenters. The summed E-state index contributed by atoms with van der Waals surface area (Å²) < 4.78 is 13.8. The molecule has 2 aromatic rings. The lowest BCUT2D eigenvalue weighted by Gasteiger charge is -2.17. The number of likely N-dealkylation sites (N-methyl/N-ethyl adjacent to an activating group) is 1. The monoisotopic (exact) mass is 334 g/mol. The molecule has 0 aliphatic carbocycles. The highest BCUT2D eigenvalue weighted by Crippen LogP contribution is 2.30. The van der Waals surface area contributed by atoms with Crippen LogP contribution in [0.1, 0.15) is 23.5 Å². The highest BCUT2D eigenvalue weighted by molar-refractivity contribution is 7.17. The molecule has 0 radical (unpaired) electrons. The Bertz CT molecular complexity index is 712. The Balaban J connectivity index is 2.09. The predicted octanol–water partition coefficient (Wildman–Crippen LogP) is 3.15. The van der Waals surface area contributed by atoms with Gasteiger partial charge in [0.05, 0.1) is 11.4 Å². The van der Waals surface area contributed by atoms with Crippen LogP contribution in [0.4, 0.5) is 4.39 Å². The molecule has 0 spiro atoms. The van der Waals surface area contributed by atoms with Crippen LogP contribution in [0, 0.1) is 5.82 Å². The fraction of sp³-hybridized carbons (Fsp3) is 0.294. The number of hydrogen-bond donors (Lipinski definition) is 1. The van der Waals surface area contributed by atoms with Gasteiger partial charge < -0.3 is 10.2 Å². The van der Waals surface area contributed by atoms with E-state index in [1.54, 1.807) is 37.4 Å². The van der Waals surface area contributed by atoms with E-state index in [2.05, 4.69) is 5.32 Å². The Morgan fingerprint density at radius 2 is 1.91 bits per heavy atom. The van der Waals surface area contributed by atoms with Crippen LogP contribution in [-0.2, 0) is 4.79 Å². The van der Waals surface area contributed by atoms with Crippen molar-refractivity contribution >= 4 is 23.2 Å². The summed E-state index contributed by atoms with van der Waals surface area (Å²) in [4.78, 5) is 26.6. The minimum absolute atomic E-state index is 0.00998. The van der Waals surface area contributed by atoms with Gasteiger partial charge in [-0.3, -0.25) is 9.59 Å². The predicted molar refractivity (Wildman–Crippen MR) is 90.0 cm³/mol. The number of nitrogens with zero attached hydrogens (tertiary/aromatic N) is 1. The number of carbonyl (C=O) groups excluding carboxylic acids is 2. The zero-order valence-corrected chi connectivity index (χ0v) is 14.1. The van der Waals surface area contributed by atoms with Crippen LogP contribution in [0.25, 0.3) is 10.4 Å². The van der Waals surface area contributed by atoms with Gasteiger partial charge in [-0.1, -0.05) is 18.2 Å². The van der Waals surface area contributed by atoms with Crippen LogP contribution in [0.2, 0.25) is 0 Å². The highest BCUT2D eigenvalue weighted by Gasteiger charge is 2.18. The standard InChI is InChI=1S/C17H19FN2O2S/c1-11(2)19-16(21)10-20(3)17(22)15-9-8-14(23-15)12-6-4-5-7-13(12)18/h4-9,11H,10H2,1-3H3,(H,19,21). The molecule has 0 saturated carbocycles. The molecule has 23 heavy (non-hydrogen) atoms. The molecule has 0 unspecified atom stereocenters. The summed E-state index contributed by atoms with van der Waals surface area (Å²) >= 11 is 1.21. The summed E-state index contributed by atoms with van der Waals surface area (Å²) in [5, 5.41) is 2.74. The number of rotatable bonds is 5. The molecule has 0 fully saturated rings. The molecular weight excluding hydrogens is 315 g/mol. The van der Waals surface area contributed by atoms with Crippen molar-refractivity contribution in [1.82, 2.24) is 10.2 Å². The second-order valence-corrected chi connectivity index (χ2v) is 6.61. The van der Waals surface area contributed by atoms with E-state index < -0.39 is 0 Å². The number of halogens is 1. The van der Waals surface area contributed by atoms with Gasteiger partial charge in [0.1, 0.15) is 5.82 Å². The molecule has 1 heterocycles. The number of nitrogens with one attached hydrogen (secondary N) is 1. The minimum Gasteiger partial charge on any atom is -0.352 e. The van der Waals surface area contributed by atoms with Crippen molar-refractivity contribution in [3.8, 4) is 10.4 Å². The van der Waals surface area contributed by atoms with Gasteiger partial charge in [0.2, 0.25) is 5.91 Å². The van der Waals surface area contributed by atoms with Gasteiger partial charge in [-0.15, -0.1) is 11.3 Å². The van der Waals surface area contributed by atoms with Crippen LogP contribution in [0.15, 0.2) is 36.4 Å². The fourth-order valence-electron chi connectivity index (χ4n) is 2.10. The van der Waals surface area contributed by atoms with Gasteiger partial charge in [0.15, 0.2) is 0 Å². The zero-order chi connectivity index (χ0) is 17.0. The van der Waals surface area contributed by atoms with E-state index in [1.807, 2.05) is 13.8 Å². The first-order chi connectivity index (χ1) is 10.9. The lowest BCUT2D eigenvalue weighted by atomic mass is 10.2. The second kappa shape index (κ2) is 7.37. The van der Waals surface area contributed by atoms with E-state index in [9.17, 15) is 14.0 Å². The molecule has 0 aliphatic rings. The topological polar surface area (TPSA) is 49.4 Å². The third kappa shape index (κ3) is 4.39. The van der Waals surface area contributed by atoms with Crippen LogP contribution in [-0.4, -0.2) is 36.3 Å². The number of benzene rings is 1. The van der Waals surface area contributed by atoms with Gasteiger partial charge >= 0.3 is 0 Å². The molecule has 2 amide bonds. The normalized spacial score (nSPS) is 10.7. The lowest BCUT2D eigenvalue weighted by Crippen LogP contribution is -2.40. The lowest BCUT2D eigenvalue weighted by molar-refractivity contribution is -0.122. The van der Waals surface area contributed by atoms with Gasteiger partial charge in [0, 0.05) is 23.5 Å². The number of amides is 2. The first kappa shape index (κ1) is 17.1. The van der Waals surface area contributed by atoms with Crippen LogP contribution < -0.4 is 5.32 Å². The summed E-state index contributed by atoms with van der Waals surface area (Å²) in [6.07, 6.45) is 0. The SMILES string of the molecule is CC(C)NC(=O)CN(C)C(=O)c1ccc(-c2ccccc2F)s1. The van der Waals surface area contributed by atoms with Crippen LogP contribution in [0.3, 0.4) is 0 Å². The largest absolute Gasteiger partial charge is 0.352 e. The maximum Gasteiger partial charge on any atom is 0.264 e. The van der Waals surface area contributed by atoms with E-state index in [-0.39, 0.29) is 30.2 Å². The molecule has 1 aromatic heterocycles. The number of thiophene rings is 1. The van der Waals surface area contributed by atoms with Crippen molar-refractivity contribution in [2.24, 2.45) is 0 Å². The summed E-state index contributed by atoms with van der Waals surface area (Å²) in [6.45, 7) is 3.71. The molecule has 0 saturated heterocycles. The van der Waals surface area contributed by atoms with Crippen molar-refractivity contribution in [1.29, 1.82) is 0 Å². The maximum absolute atomic E-state index is 13.8. The summed E-state index contributed by atoms with van der Waals surface area (Å²) in [5.41, 5.74) is 0.469. The molecular formula is C17H19FN2O2S. The van der Waals surface area contributed by atoms with Gasteiger partial charge in [-0.05, 0) is 32.0 Å². The Labute approximate surface area is 138 Å². The van der Waals surface area contributed by atoms with Crippen LogP contribution in [0.5, 0.6) is 0 Å².